The average Bonchev–Trinajstić information content (AvgIpc) is 2.05. The van der Waals surface area contributed by atoms with Crippen molar-refractivity contribution in [3.63, 3.8) is 0 Å². The van der Waals surface area contributed by atoms with Gasteiger partial charge in [0.25, 0.3) is 0 Å². The summed E-state index contributed by atoms with van der Waals surface area (Å²) in [7, 11) is 0. The van der Waals surface area contributed by atoms with Gasteiger partial charge in [-0.15, -0.1) is 0 Å². The molecule has 1 atom stereocenters. The Morgan fingerprint density at radius 3 is 2.92 bits per heavy atom. The van der Waals surface area contributed by atoms with Gasteiger partial charge < -0.3 is 10.8 Å². The van der Waals surface area contributed by atoms with Gasteiger partial charge in [-0.25, -0.2) is 0 Å². The molecule has 0 aliphatic rings. The van der Waals surface area contributed by atoms with Crippen molar-refractivity contribution in [2.75, 3.05) is 0 Å². The fourth-order valence-electron chi connectivity index (χ4n) is 0.795. The van der Waals surface area contributed by atoms with Gasteiger partial charge in [-0.3, -0.25) is 14.8 Å². The molecule has 1 rings (SSSR count). The monoisotopic (exact) mass is 167 g/mol. The first-order chi connectivity index (χ1) is 5.70. The van der Waals surface area contributed by atoms with Crippen LogP contribution in [-0.2, 0) is 4.79 Å². The summed E-state index contributed by atoms with van der Waals surface area (Å²) in [5.74, 6) is -0.937. The second kappa shape index (κ2) is 3.77. The third kappa shape index (κ3) is 2.28. The summed E-state index contributed by atoms with van der Waals surface area (Å²) in [6.45, 7) is 0. The van der Waals surface area contributed by atoms with E-state index in [2.05, 4.69) is 9.97 Å². The van der Waals surface area contributed by atoms with Crippen molar-refractivity contribution in [3.8, 4) is 0 Å². The van der Waals surface area contributed by atoms with Crippen LogP contribution >= 0.6 is 0 Å². The Hall–Kier alpha value is -1.49. The lowest BCUT2D eigenvalue weighted by molar-refractivity contribution is -0.137. The summed E-state index contributed by atoms with van der Waals surface area (Å²) in [4.78, 5) is 17.9. The van der Waals surface area contributed by atoms with Crippen molar-refractivity contribution >= 4 is 5.97 Å². The molecule has 0 bridgehead atoms. The van der Waals surface area contributed by atoms with Crippen LogP contribution in [0, 0.1) is 0 Å². The zero-order valence-electron chi connectivity index (χ0n) is 6.34. The van der Waals surface area contributed by atoms with Crippen molar-refractivity contribution < 1.29 is 9.90 Å². The number of hydrogen-bond donors (Lipinski definition) is 2. The number of hydrogen-bond acceptors (Lipinski definition) is 4. The Morgan fingerprint density at radius 2 is 2.42 bits per heavy atom. The minimum atomic E-state index is -0.937. The molecular formula is C7H9N3O2. The normalized spacial score (nSPS) is 12.4. The lowest BCUT2D eigenvalue weighted by atomic mass is 10.1. The van der Waals surface area contributed by atoms with Crippen molar-refractivity contribution in [3.05, 3.63) is 24.3 Å². The number of nitrogens with zero attached hydrogens (tertiary/aromatic N) is 2. The zero-order valence-corrected chi connectivity index (χ0v) is 6.34. The van der Waals surface area contributed by atoms with Gasteiger partial charge in [0.2, 0.25) is 0 Å². The van der Waals surface area contributed by atoms with Gasteiger partial charge in [0.15, 0.2) is 0 Å². The number of aliphatic carboxylic acids is 1. The fourth-order valence-corrected chi connectivity index (χ4v) is 0.795. The van der Waals surface area contributed by atoms with E-state index in [4.69, 9.17) is 10.8 Å². The van der Waals surface area contributed by atoms with Crippen LogP contribution in [0.3, 0.4) is 0 Å². The number of carboxylic acid groups (broad SMARTS) is 1. The maximum absolute atomic E-state index is 10.3. The first-order valence-corrected chi connectivity index (χ1v) is 3.43. The summed E-state index contributed by atoms with van der Waals surface area (Å²) in [5, 5.41) is 8.42. The van der Waals surface area contributed by atoms with Crippen LogP contribution < -0.4 is 5.73 Å². The lowest BCUT2D eigenvalue weighted by Gasteiger charge is -2.05. The molecule has 0 fully saturated rings. The molecule has 0 spiro atoms. The number of nitrogens with two attached hydrogens (primary N) is 1. The number of rotatable bonds is 3. The standard InChI is InChI=1S/C7H9N3O2/c8-5(3-7(11)12)6-4-9-1-2-10-6/h1-2,4-5H,3,8H2,(H,11,12)/t5-/m1/s1. The van der Waals surface area contributed by atoms with E-state index in [9.17, 15) is 4.79 Å². The Bertz CT molecular complexity index is 263. The molecule has 0 radical (unpaired) electrons. The molecular weight excluding hydrogens is 158 g/mol. The quantitative estimate of drug-likeness (QED) is 0.658. The smallest absolute Gasteiger partial charge is 0.305 e. The first-order valence-electron chi connectivity index (χ1n) is 3.43. The van der Waals surface area contributed by atoms with Gasteiger partial charge in [-0.1, -0.05) is 0 Å². The summed E-state index contributed by atoms with van der Waals surface area (Å²) in [6.07, 6.45) is 4.33. The number of aromatic nitrogens is 2. The average molecular weight is 167 g/mol. The summed E-state index contributed by atoms with van der Waals surface area (Å²) in [5.41, 5.74) is 6.01. The van der Waals surface area contributed by atoms with Crippen molar-refractivity contribution in [2.24, 2.45) is 5.73 Å². The molecule has 1 aromatic heterocycles. The van der Waals surface area contributed by atoms with Gasteiger partial charge in [-0.2, -0.15) is 0 Å². The minimum Gasteiger partial charge on any atom is -0.481 e. The molecule has 1 heterocycles. The Labute approximate surface area is 69.3 Å². The predicted octanol–water partition coefficient (Wildman–Crippen LogP) is -0.0489. The fraction of sp³-hybridized carbons (Fsp3) is 0.286. The highest BCUT2D eigenvalue weighted by Crippen LogP contribution is 2.08. The van der Waals surface area contributed by atoms with E-state index in [1.165, 1.54) is 18.6 Å². The highest BCUT2D eigenvalue weighted by molar-refractivity contribution is 5.67. The Kier molecular flexibility index (Phi) is 2.71. The third-order valence-corrected chi connectivity index (χ3v) is 1.36. The van der Waals surface area contributed by atoms with E-state index in [1.807, 2.05) is 0 Å². The van der Waals surface area contributed by atoms with Crippen molar-refractivity contribution in [2.45, 2.75) is 12.5 Å². The van der Waals surface area contributed by atoms with Crippen LogP contribution in [0.4, 0.5) is 0 Å². The molecule has 0 saturated heterocycles. The SMILES string of the molecule is N[C@H](CC(=O)O)c1cnccn1. The van der Waals surface area contributed by atoms with Gasteiger partial charge >= 0.3 is 5.97 Å². The largest absolute Gasteiger partial charge is 0.481 e. The van der Waals surface area contributed by atoms with Crippen molar-refractivity contribution in [1.29, 1.82) is 0 Å². The summed E-state index contributed by atoms with van der Waals surface area (Å²) >= 11 is 0. The molecule has 0 saturated carbocycles. The molecule has 0 aliphatic heterocycles. The maximum atomic E-state index is 10.3. The van der Waals surface area contributed by atoms with E-state index >= 15 is 0 Å². The first kappa shape index (κ1) is 8.61. The zero-order chi connectivity index (χ0) is 8.97. The van der Waals surface area contributed by atoms with Crippen LogP contribution in [-0.4, -0.2) is 21.0 Å². The molecule has 3 N–H and O–H groups in total. The Morgan fingerprint density at radius 1 is 1.67 bits per heavy atom. The molecule has 64 valence electrons. The highest BCUT2D eigenvalue weighted by Gasteiger charge is 2.10. The van der Waals surface area contributed by atoms with E-state index in [-0.39, 0.29) is 6.42 Å². The summed E-state index contributed by atoms with van der Waals surface area (Å²) in [6, 6.07) is -0.573. The van der Waals surface area contributed by atoms with Gasteiger partial charge in [0, 0.05) is 18.6 Å². The highest BCUT2D eigenvalue weighted by atomic mass is 16.4. The second-order valence-electron chi connectivity index (χ2n) is 2.33. The molecule has 0 amide bonds. The van der Waals surface area contributed by atoms with Crippen LogP contribution in [0.5, 0.6) is 0 Å². The topological polar surface area (TPSA) is 89.1 Å². The molecule has 5 heteroatoms. The van der Waals surface area contributed by atoms with Gasteiger partial charge in [-0.05, 0) is 0 Å². The molecule has 5 nitrogen and oxygen atoms in total. The Balaban J connectivity index is 2.65. The van der Waals surface area contributed by atoms with Gasteiger partial charge in [0.05, 0.1) is 18.2 Å². The van der Waals surface area contributed by atoms with Crippen LogP contribution in [0.25, 0.3) is 0 Å². The third-order valence-electron chi connectivity index (χ3n) is 1.36. The number of carbonyl (C=O) groups is 1. The minimum absolute atomic E-state index is 0.126. The van der Waals surface area contributed by atoms with Crippen LogP contribution in [0.15, 0.2) is 18.6 Å². The van der Waals surface area contributed by atoms with Crippen LogP contribution in [0.2, 0.25) is 0 Å². The second-order valence-corrected chi connectivity index (χ2v) is 2.33. The van der Waals surface area contributed by atoms with Gasteiger partial charge in [0.1, 0.15) is 0 Å². The van der Waals surface area contributed by atoms with E-state index < -0.39 is 12.0 Å². The van der Waals surface area contributed by atoms with E-state index in [1.54, 1.807) is 0 Å². The summed E-state index contributed by atoms with van der Waals surface area (Å²) < 4.78 is 0. The van der Waals surface area contributed by atoms with Crippen LogP contribution in [0.1, 0.15) is 18.2 Å². The number of carboxylic acids is 1. The predicted molar refractivity (Wildman–Crippen MR) is 41.2 cm³/mol. The lowest BCUT2D eigenvalue weighted by Crippen LogP contribution is -2.16. The maximum Gasteiger partial charge on any atom is 0.305 e. The molecule has 1 aromatic rings. The molecule has 0 unspecified atom stereocenters. The molecule has 0 aromatic carbocycles. The van der Waals surface area contributed by atoms with Crippen molar-refractivity contribution in [1.82, 2.24) is 9.97 Å². The molecule has 0 aliphatic carbocycles. The van der Waals surface area contributed by atoms with E-state index in [0.29, 0.717) is 5.69 Å². The molecule has 12 heavy (non-hydrogen) atoms. The van der Waals surface area contributed by atoms with E-state index in [0.717, 1.165) is 0 Å².